The third-order valence-corrected chi connectivity index (χ3v) is 11.1. The second-order valence-corrected chi connectivity index (χ2v) is 13.6. The molecule has 37 heavy (non-hydrogen) atoms. The van der Waals surface area contributed by atoms with Crippen LogP contribution in [-0.4, -0.2) is 52.2 Å². The van der Waals surface area contributed by atoms with E-state index in [-0.39, 0.29) is 11.8 Å². The molecule has 0 spiro atoms. The van der Waals surface area contributed by atoms with Crippen LogP contribution in [0.5, 0.6) is 0 Å². The molecule has 0 bridgehead atoms. The largest absolute Gasteiger partial charge is 0.336 e. The van der Waals surface area contributed by atoms with Crippen LogP contribution in [0.3, 0.4) is 0 Å². The summed E-state index contributed by atoms with van der Waals surface area (Å²) in [6.45, 7) is 0.663. The Morgan fingerprint density at radius 1 is 0.459 bits per heavy atom. The molecule has 0 aromatic heterocycles. The zero-order valence-electron chi connectivity index (χ0n) is 23.9. The molecule has 4 nitrogen and oxygen atoms in total. The SMILES string of the molecule is O=C(CN(C1CCCCC1)C1CCCCC1)C1CCCC(C(=O)N(C2CCCCC2)C2CCCCC2)C1. The highest BCUT2D eigenvalue weighted by molar-refractivity contribution is 5.85. The molecule has 4 heteroatoms. The minimum absolute atomic E-state index is 0.0874. The number of amides is 1. The molecule has 2 atom stereocenters. The van der Waals surface area contributed by atoms with E-state index in [0.29, 0.717) is 42.4 Å². The number of rotatable bonds is 8. The fraction of sp³-hybridized carbons (Fsp3) is 0.939. The highest BCUT2D eigenvalue weighted by Gasteiger charge is 2.40. The van der Waals surface area contributed by atoms with E-state index in [2.05, 4.69) is 9.80 Å². The molecule has 5 aliphatic carbocycles. The molecule has 0 heterocycles. The summed E-state index contributed by atoms with van der Waals surface area (Å²) in [5, 5.41) is 0. The maximum Gasteiger partial charge on any atom is 0.226 e. The van der Waals surface area contributed by atoms with Gasteiger partial charge in [-0.15, -0.1) is 0 Å². The van der Waals surface area contributed by atoms with Gasteiger partial charge in [-0.3, -0.25) is 14.5 Å². The summed E-state index contributed by atoms with van der Waals surface area (Å²) >= 11 is 0. The van der Waals surface area contributed by atoms with Gasteiger partial charge in [-0.05, 0) is 70.6 Å². The highest BCUT2D eigenvalue weighted by atomic mass is 16.2. The van der Waals surface area contributed by atoms with Crippen LogP contribution >= 0.6 is 0 Å². The van der Waals surface area contributed by atoms with Crippen molar-refractivity contribution in [1.29, 1.82) is 0 Å². The van der Waals surface area contributed by atoms with Crippen LogP contribution in [0.25, 0.3) is 0 Å². The third-order valence-electron chi connectivity index (χ3n) is 11.1. The second-order valence-electron chi connectivity index (χ2n) is 13.6. The Hall–Kier alpha value is -0.900. The predicted octanol–water partition coefficient (Wildman–Crippen LogP) is 7.82. The second kappa shape index (κ2) is 13.9. The minimum Gasteiger partial charge on any atom is -0.336 e. The average molecular weight is 513 g/mol. The molecule has 0 aromatic rings. The van der Waals surface area contributed by atoms with Gasteiger partial charge in [0, 0.05) is 36.0 Å². The first-order chi connectivity index (χ1) is 18.2. The van der Waals surface area contributed by atoms with Crippen LogP contribution in [0.15, 0.2) is 0 Å². The van der Waals surface area contributed by atoms with Gasteiger partial charge in [0.1, 0.15) is 5.78 Å². The summed E-state index contributed by atoms with van der Waals surface area (Å²) in [4.78, 5) is 33.2. The molecule has 0 saturated heterocycles. The maximum absolute atomic E-state index is 14.2. The van der Waals surface area contributed by atoms with Gasteiger partial charge in [0.15, 0.2) is 0 Å². The number of hydrogen-bond donors (Lipinski definition) is 0. The summed E-state index contributed by atoms with van der Waals surface area (Å²) < 4.78 is 0. The van der Waals surface area contributed by atoms with Crippen LogP contribution in [0.1, 0.15) is 154 Å². The lowest BCUT2D eigenvalue weighted by Gasteiger charge is -2.44. The van der Waals surface area contributed by atoms with Gasteiger partial charge < -0.3 is 4.90 Å². The van der Waals surface area contributed by atoms with E-state index in [9.17, 15) is 9.59 Å². The molecular weight excluding hydrogens is 456 g/mol. The predicted molar refractivity (Wildman–Crippen MR) is 151 cm³/mol. The summed E-state index contributed by atoms with van der Waals surface area (Å²) in [5.74, 6) is 1.10. The number of carbonyl (C=O) groups is 2. The van der Waals surface area contributed by atoms with Crippen molar-refractivity contribution in [1.82, 2.24) is 9.80 Å². The van der Waals surface area contributed by atoms with E-state index < -0.39 is 0 Å². The monoisotopic (exact) mass is 512 g/mol. The first-order valence-electron chi connectivity index (χ1n) is 16.8. The Labute approximate surface area is 227 Å². The van der Waals surface area contributed by atoms with Crippen molar-refractivity contribution in [3.63, 3.8) is 0 Å². The number of hydrogen-bond acceptors (Lipinski definition) is 3. The van der Waals surface area contributed by atoms with E-state index in [1.165, 1.54) is 128 Å². The van der Waals surface area contributed by atoms with Gasteiger partial charge in [0.2, 0.25) is 5.91 Å². The molecule has 0 radical (unpaired) electrons. The Kier molecular flexibility index (Phi) is 10.4. The number of ketones is 1. The van der Waals surface area contributed by atoms with Gasteiger partial charge in [-0.2, -0.15) is 0 Å². The molecule has 5 saturated carbocycles. The Morgan fingerprint density at radius 3 is 1.32 bits per heavy atom. The lowest BCUT2D eigenvalue weighted by Crippen LogP contribution is -2.52. The summed E-state index contributed by atoms with van der Waals surface area (Å²) in [6, 6.07) is 2.17. The first-order valence-corrected chi connectivity index (χ1v) is 16.8. The molecule has 5 rings (SSSR count). The molecule has 210 valence electrons. The molecule has 0 N–H and O–H groups in total. The normalized spacial score (nSPS) is 29.9. The van der Waals surface area contributed by atoms with Crippen LogP contribution in [0, 0.1) is 11.8 Å². The third kappa shape index (κ3) is 7.20. The maximum atomic E-state index is 14.2. The van der Waals surface area contributed by atoms with Crippen LogP contribution in [0.4, 0.5) is 0 Å². The standard InChI is InChI=1S/C33H56N2O2/c36-32(25-34(28-16-5-1-6-17-28)29-18-7-2-8-19-29)26-14-13-15-27(24-26)33(37)35(30-20-9-3-10-21-30)31-22-11-4-12-23-31/h26-31H,1-25H2. The average Bonchev–Trinajstić information content (AvgIpc) is 2.98. The Bertz CT molecular complexity index is 678. The fourth-order valence-electron chi connectivity index (χ4n) is 8.98. The van der Waals surface area contributed by atoms with Gasteiger partial charge in [0.25, 0.3) is 0 Å². The lowest BCUT2D eigenvalue weighted by molar-refractivity contribution is -0.144. The van der Waals surface area contributed by atoms with Crippen molar-refractivity contribution in [2.75, 3.05) is 6.54 Å². The van der Waals surface area contributed by atoms with Crippen LogP contribution in [0.2, 0.25) is 0 Å². The fourth-order valence-corrected chi connectivity index (χ4v) is 8.98. The van der Waals surface area contributed by atoms with Gasteiger partial charge >= 0.3 is 0 Å². The smallest absolute Gasteiger partial charge is 0.226 e. The van der Waals surface area contributed by atoms with E-state index in [0.717, 1.165) is 25.7 Å². The van der Waals surface area contributed by atoms with Crippen molar-refractivity contribution >= 4 is 11.7 Å². The van der Waals surface area contributed by atoms with Crippen molar-refractivity contribution in [3.05, 3.63) is 0 Å². The molecule has 5 aliphatic rings. The number of Topliss-reactive ketones (excluding diaryl/α,β-unsaturated/α-hetero) is 1. The molecule has 0 aromatic carbocycles. The molecule has 5 fully saturated rings. The molecule has 1 amide bonds. The summed E-state index contributed by atoms with van der Waals surface area (Å²) in [6.07, 6.45) is 29.7. The van der Waals surface area contributed by atoms with E-state index in [4.69, 9.17) is 0 Å². The topological polar surface area (TPSA) is 40.6 Å². The quantitative estimate of drug-likeness (QED) is 0.333. The summed E-state index contributed by atoms with van der Waals surface area (Å²) in [5.41, 5.74) is 0. The number of nitrogens with zero attached hydrogens (tertiary/aromatic N) is 2. The van der Waals surface area contributed by atoms with Gasteiger partial charge in [-0.25, -0.2) is 0 Å². The van der Waals surface area contributed by atoms with Crippen molar-refractivity contribution in [2.24, 2.45) is 11.8 Å². The van der Waals surface area contributed by atoms with Crippen molar-refractivity contribution in [3.8, 4) is 0 Å². The van der Waals surface area contributed by atoms with Gasteiger partial charge in [-0.1, -0.05) is 83.5 Å². The van der Waals surface area contributed by atoms with Crippen LogP contribution in [-0.2, 0) is 9.59 Å². The van der Waals surface area contributed by atoms with Gasteiger partial charge in [0.05, 0.1) is 6.54 Å². The molecular formula is C33H56N2O2. The number of carbonyl (C=O) groups excluding carboxylic acids is 2. The van der Waals surface area contributed by atoms with E-state index in [1.807, 2.05) is 0 Å². The zero-order chi connectivity index (χ0) is 25.5. The first kappa shape index (κ1) is 27.7. The lowest BCUT2D eigenvalue weighted by atomic mass is 9.77. The van der Waals surface area contributed by atoms with E-state index in [1.54, 1.807) is 0 Å². The molecule has 2 unspecified atom stereocenters. The summed E-state index contributed by atoms with van der Waals surface area (Å²) in [7, 11) is 0. The van der Waals surface area contributed by atoms with Crippen molar-refractivity contribution in [2.45, 2.75) is 178 Å². The minimum atomic E-state index is 0.0874. The Balaban J connectivity index is 1.24. The highest BCUT2D eigenvalue weighted by Crippen LogP contribution is 2.37. The van der Waals surface area contributed by atoms with Crippen molar-refractivity contribution < 1.29 is 9.59 Å². The Morgan fingerprint density at radius 2 is 0.865 bits per heavy atom. The van der Waals surface area contributed by atoms with E-state index >= 15 is 0 Å². The zero-order valence-corrected chi connectivity index (χ0v) is 23.9. The van der Waals surface area contributed by atoms with Crippen LogP contribution < -0.4 is 0 Å². The molecule has 0 aliphatic heterocycles.